The predicted octanol–water partition coefficient (Wildman–Crippen LogP) is 4.92. The number of aromatic nitrogens is 1. The minimum Gasteiger partial charge on any atom is -0.424 e. The molecule has 2 heterocycles. The number of para-hydroxylation sites is 2. The summed E-state index contributed by atoms with van der Waals surface area (Å²) in [4.78, 5) is 20.3. The predicted molar refractivity (Wildman–Crippen MR) is 133 cm³/mol. The molecule has 0 radical (unpaired) electrons. The van der Waals surface area contributed by atoms with E-state index in [4.69, 9.17) is 4.42 Å². The van der Waals surface area contributed by atoms with Crippen LogP contribution < -0.4 is 10.4 Å². The van der Waals surface area contributed by atoms with Gasteiger partial charge < -0.3 is 14.6 Å². The maximum absolute atomic E-state index is 13.8. The monoisotopic (exact) mass is 446 g/mol. The number of nitrogens with one attached hydrogen (secondary N) is 1. The molecule has 1 fully saturated rings. The van der Waals surface area contributed by atoms with E-state index < -0.39 is 0 Å². The lowest BCUT2D eigenvalue weighted by molar-refractivity contribution is 0.0539. The van der Waals surface area contributed by atoms with E-state index in [1.54, 1.807) is 13.1 Å². The number of oxazole rings is 1. The summed E-state index contributed by atoms with van der Waals surface area (Å²) in [6, 6.07) is 13.8. The topological polar surface area (TPSA) is 86.3 Å². The minimum atomic E-state index is -0.0374. The van der Waals surface area contributed by atoms with Crippen molar-refractivity contribution in [3.05, 3.63) is 53.6 Å². The fourth-order valence-corrected chi connectivity index (χ4v) is 4.39. The maximum Gasteiger partial charge on any atom is 0.295 e. The first kappa shape index (κ1) is 22.5. The normalized spacial score (nSPS) is 18.6. The number of likely N-dealkylation sites (tertiary alicyclic amines) is 1. The molecule has 0 unspecified atom stereocenters. The number of rotatable bonds is 7. The summed E-state index contributed by atoms with van der Waals surface area (Å²) < 4.78 is 5.81. The van der Waals surface area contributed by atoms with Crippen molar-refractivity contribution >= 4 is 41.6 Å². The first-order chi connectivity index (χ1) is 16.0. The highest BCUT2D eigenvalue weighted by atomic mass is 16.4. The van der Waals surface area contributed by atoms with Gasteiger partial charge in [-0.2, -0.15) is 20.3 Å². The SMILES string of the molecule is C=NN(/N=C\C)c1ccc(C)cc1C(=O)N1CCC[C@@H](C)[C@H]1CNc1nc2ccccc2o1. The van der Waals surface area contributed by atoms with Crippen LogP contribution in [0, 0.1) is 12.8 Å². The molecule has 8 nitrogen and oxygen atoms in total. The van der Waals surface area contributed by atoms with Crippen LogP contribution in [-0.2, 0) is 0 Å². The quantitative estimate of drug-likeness (QED) is 0.411. The Balaban J connectivity index is 1.60. The zero-order chi connectivity index (χ0) is 23.4. The number of hydrazone groups is 2. The summed E-state index contributed by atoms with van der Waals surface area (Å²) in [6.45, 7) is 10.8. The van der Waals surface area contributed by atoms with Crippen LogP contribution in [0.25, 0.3) is 11.1 Å². The van der Waals surface area contributed by atoms with Crippen LogP contribution in [0.4, 0.5) is 11.7 Å². The van der Waals surface area contributed by atoms with E-state index in [9.17, 15) is 4.79 Å². The molecule has 8 heteroatoms. The zero-order valence-corrected chi connectivity index (χ0v) is 19.4. The lowest BCUT2D eigenvalue weighted by Gasteiger charge is -2.40. The number of hydrogen-bond donors (Lipinski definition) is 1. The van der Waals surface area contributed by atoms with E-state index in [1.807, 2.05) is 54.3 Å². The van der Waals surface area contributed by atoms with Crippen LogP contribution in [-0.4, -0.2) is 47.9 Å². The molecule has 2 atom stereocenters. The van der Waals surface area contributed by atoms with E-state index >= 15 is 0 Å². The van der Waals surface area contributed by atoms with Gasteiger partial charge >= 0.3 is 0 Å². The fourth-order valence-electron chi connectivity index (χ4n) is 4.39. The first-order valence-corrected chi connectivity index (χ1v) is 11.3. The molecule has 3 aromatic rings. The van der Waals surface area contributed by atoms with Gasteiger partial charge in [-0.3, -0.25) is 4.79 Å². The molecule has 33 heavy (non-hydrogen) atoms. The molecule has 0 saturated carbocycles. The Morgan fingerprint density at radius 1 is 1.36 bits per heavy atom. The van der Waals surface area contributed by atoms with Crippen LogP contribution in [0.1, 0.15) is 42.6 Å². The third-order valence-electron chi connectivity index (χ3n) is 6.09. The third kappa shape index (κ3) is 4.74. The summed E-state index contributed by atoms with van der Waals surface area (Å²) in [6.07, 6.45) is 3.65. The average Bonchev–Trinajstić information content (AvgIpc) is 3.24. The van der Waals surface area contributed by atoms with Crippen LogP contribution in [0.5, 0.6) is 0 Å². The number of carbonyl (C=O) groups is 1. The molecule has 1 saturated heterocycles. The Bertz CT molecular complexity index is 1140. The number of benzene rings is 2. The van der Waals surface area contributed by atoms with E-state index in [0.29, 0.717) is 36.3 Å². The summed E-state index contributed by atoms with van der Waals surface area (Å²) in [7, 11) is 0. The number of nitrogens with zero attached hydrogens (tertiary/aromatic N) is 5. The van der Waals surface area contributed by atoms with Gasteiger partial charge in [0.15, 0.2) is 5.58 Å². The van der Waals surface area contributed by atoms with Crippen molar-refractivity contribution in [3.63, 3.8) is 0 Å². The number of piperidine rings is 1. The molecule has 0 aliphatic carbocycles. The van der Waals surface area contributed by atoms with Gasteiger partial charge in [-0.1, -0.05) is 30.7 Å². The second-order valence-electron chi connectivity index (χ2n) is 8.38. The molecular weight excluding hydrogens is 416 g/mol. The fraction of sp³-hybridized carbons (Fsp3) is 0.360. The Morgan fingerprint density at radius 2 is 2.18 bits per heavy atom. The van der Waals surface area contributed by atoms with Crippen molar-refractivity contribution in [2.45, 2.75) is 39.7 Å². The van der Waals surface area contributed by atoms with Crippen LogP contribution in [0.3, 0.4) is 0 Å². The largest absolute Gasteiger partial charge is 0.424 e. The standard InChI is InChI=1S/C25H30N6O2/c1-5-28-31(26-4)21-13-12-17(2)15-19(21)24(32)30-14-8-9-18(3)22(30)16-27-25-29-20-10-6-7-11-23(20)33-25/h5-7,10-13,15,18,22H,4,8-9,14,16H2,1-3H3,(H,27,29)/b28-5-/t18-,22-/m1/s1. The summed E-state index contributed by atoms with van der Waals surface area (Å²) in [5.41, 5.74) is 3.72. The van der Waals surface area contributed by atoms with Crippen LogP contribution >= 0.6 is 0 Å². The molecular formula is C25H30N6O2. The van der Waals surface area contributed by atoms with E-state index in [1.165, 1.54) is 5.12 Å². The average molecular weight is 447 g/mol. The van der Waals surface area contributed by atoms with Crippen molar-refractivity contribution in [2.75, 3.05) is 23.5 Å². The highest BCUT2D eigenvalue weighted by molar-refractivity contribution is 6.00. The van der Waals surface area contributed by atoms with Gasteiger partial charge in [0.25, 0.3) is 11.9 Å². The molecule has 0 bridgehead atoms. The number of carbonyl (C=O) groups excluding carboxylic acids is 1. The van der Waals surface area contributed by atoms with Gasteiger partial charge in [-0.15, -0.1) is 0 Å². The second kappa shape index (κ2) is 9.85. The molecule has 2 aromatic carbocycles. The van der Waals surface area contributed by atoms with Gasteiger partial charge in [0.1, 0.15) is 5.52 Å². The lowest BCUT2D eigenvalue weighted by atomic mass is 9.90. The van der Waals surface area contributed by atoms with E-state index in [0.717, 1.165) is 29.5 Å². The highest BCUT2D eigenvalue weighted by Crippen LogP contribution is 2.30. The third-order valence-corrected chi connectivity index (χ3v) is 6.09. The molecule has 1 aromatic heterocycles. The van der Waals surface area contributed by atoms with Crippen molar-refractivity contribution < 1.29 is 9.21 Å². The number of aryl methyl sites for hydroxylation is 1. The highest BCUT2D eigenvalue weighted by Gasteiger charge is 2.34. The van der Waals surface area contributed by atoms with Crippen molar-refractivity contribution in [1.29, 1.82) is 0 Å². The Hall–Kier alpha value is -3.68. The van der Waals surface area contributed by atoms with E-state index in [-0.39, 0.29) is 11.9 Å². The summed E-state index contributed by atoms with van der Waals surface area (Å²) in [5.74, 6) is 0.291. The number of fused-ring (bicyclic) bond motifs is 1. The van der Waals surface area contributed by atoms with Crippen molar-refractivity contribution in [1.82, 2.24) is 9.88 Å². The van der Waals surface area contributed by atoms with Gasteiger partial charge in [-0.05, 0) is 56.9 Å². The van der Waals surface area contributed by atoms with Gasteiger partial charge in [0.05, 0.1) is 17.3 Å². The lowest BCUT2D eigenvalue weighted by Crippen LogP contribution is -2.51. The smallest absolute Gasteiger partial charge is 0.295 e. The molecule has 1 amide bonds. The van der Waals surface area contributed by atoms with Crippen molar-refractivity contribution in [2.24, 2.45) is 16.1 Å². The maximum atomic E-state index is 13.8. The first-order valence-electron chi connectivity index (χ1n) is 11.3. The van der Waals surface area contributed by atoms with Crippen LogP contribution in [0.15, 0.2) is 57.1 Å². The van der Waals surface area contributed by atoms with Gasteiger partial charge in [0.2, 0.25) is 0 Å². The molecule has 172 valence electrons. The van der Waals surface area contributed by atoms with Gasteiger partial charge in [-0.25, -0.2) is 0 Å². The summed E-state index contributed by atoms with van der Waals surface area (Å²) in [5, 5.41) is 12.9. The van der Waals surface area contributed by atoms with E-state index in [2.05, 4.69) is 34.1 Å². The van der Waals surface area contributed by atoms with Crippen LogP contribution in [0.2, 0.25) is 0 Å². The minimum absolute atomic E-state index is 0.00515. The Labute approximate surface area is 194 Å². The molecule has 1 N–H and O–H groups in total. The second-order valence-corrected chi connectivity index (χ2v) is 8.38. The molecule has 1 aliphatic heterocycles. The molecule has 1 aliphatic rings. The number of hydrogen-bond acceptors (Lipinski definition) is 7. The number of amides is 1. The Kier molecular flexibility index (Phi) is 6.72. The number of anilines is 2. The molecule has 0 spiro atoms. The Morgan fingerprint density at radius 3 is 2.94 bits per heavy atom. The van der Waals surface area contributed by atoms with Gasteiger partial charge in [0, 0.05) is 26.0 Å². The van der Waals surface area contributed by atoms with Crippen molar-refractivity contribution in [3.8, 4) is 0 Å². The summed E-state index contributed by atoms with van der Waals surface area (Å²) >= 11 is 0. The zero-order valence-electron chi connectivity index (χ0n) is 19.4. The molecule has 4 rings (SSSR count).